The van der Waals surface area contributed by atoms with Crippen molar-refractivity contribution in [1.82, 2.24) is 0 Å². The molecule has 21 heavy (non-hydrogen) atoms. The van der Waals surface area contributed by atoms with Crippen LogP contribution in [0.25, 0.3) is 0 Å². The molecule has 0 aliphatic heterocycles. The molecule has 0 heteroatoms. The van der Waals surface area contributed by atoms with Gasteiger partial charge in [-0.05, 0) is 41.9 Å². The van der Waals surface area contributed by atoms with Crippen LogP contribution >= 0.6 is 0 Å². The normalized spacial score (nSPS) is 26.7. The molecule has 5 atom stereocenters. The fourth-order valence-corrected chi connectivity index (χ4v) is 4.17. The molecule has 0 spiro atoms. The van der Waals surface area contributed by atoms with E-state index >= 15 is 0 Å². The molecule has 1 aliphatic rings. The van der Waals surface area contributed by atoms with Crippen molar-refractivity contribution in [3.63, 3.8) is 0 Å². The van der Waals surface area contributed by atoms with Crippen molar-refractivity contribution in [3.8, 4) is 0 Å². The molecule has 0 saturated heterocycles. The van der Waals surface area contributed by atoms with Crippen LogP contribution in [0.4, 0.5) is 0 Å². The molecule has 1 saturated carbocycles. The van der Waals surface area contributed by atoms with Crippen molar-refractivity contribution in [2.75, 3.05) is 0 Å². The summed E-state index contributed by atoms with van der Waals surface area (Å²) in [5, 5.41) is 0. The van der Waals surface area contributed by atoms with Crippen LogP contribution in [0.2, 0.25) is 0 Å². The smallest absolute Gasteiger partial charge is 0.0334 e. The molecule has 0 aromatic rings. The second-order valence-corrected chi connectivity index (χ2v) is 6.66. The van der Waals surface area contributed by atoms with Crippen LogP contribution in [0, 0.1) is 35.5 Å². The van der Waals surface area contributed by atoms with E-state index in [1.54, 1.807) is 0 Å². The standard InChI is InChI=1S/C16H32.2C2H6.CH4/c1-7-8-13(5)16(11(2)3)15-10-9-12(4)14(15)6;2*1-2;/h11-16H,7-10H2,1-6H3;2*1-2H3;1H4. The van der Waals surface area contributed by atoms with Gasteiger partial charge in [0.2, 0.25) is 0 Å². The maximum Gasteiger partial charge on any atom is -0.0334 e. The Kier molecular flexibility index (Phi) is 18.4. The Hall–Kier alpha value is 0. The van der Waals surface area contributed by atoms with Crippen molar-refractivity contribution in [3.05, 3.63) is 0 Å². The summed E-state index contributed by atoms with van der Waals surface area (Å²) < 4.78 is 0. The van der Waals surface area contributed by atoms with Gasteiger partial charge in [0.15, 0.2) is 0 Å². The van der Waals surface area contributed by atoms with E-state index in [4.69, 9.17) is 0 Å². The van der Waals surface area contributed by atoms with Gasteiger partial charge in [-0.1, -0.05) is 95.9 Å². The van der Waals surface area contributed by atoms with Crippen LogP contribution < -0.4 is 0 Å². The monoisotopic (exact) mass is 300 g/mol. The van der Waals surface area contributed by atoms with E-state index in [9.17, 15) is 0 Å². The maximum atomic E-state index is 2.50. The molecule has 0 N–H and O–H groups in total. The van der Waals surface area contributed by atoms with Gasteiger partial charge in [0.05, 0.1) is 0 Å². The quantitative estimate of drug-likeness (QED) is 0.481. The first-order valence-electron chi connectivity index (χ1n) is 9.49. The fraction of sp³-hybridized carbons (Fsp3) is 1.00. The highest BCUT2D eigenvalue weighted by Crippen LogP contribution is 2.46. The Balaban J connectivity index is -0.000000595. The van der Waals surface area contributed by atoms with Gasteiger partial charge in [-0.25, -0.2) is 0 Å². The molecule has 0 bridgehead atoms. The lowest BCUT2D eigenvalue weighted by Crippen LogP contribution is -2.29. The van der Waals surface area contributed by atoms with Crippen molar-refractivity contribution in [1.29, 1.82) is 0 Å². The van der Waals surface area contributed by atoms with Gasteiger partial charge >= 0.3 is 0 Å². The molecule has 1 fully saturated rings. The summed E-state index contributed by atoms with van der Waals surface area (Å²) in [7, 11) is 0. The lowest BCUT2D eigenvalue weighted by atomic mass is 9.70. The van der Waals surface area contributed by atoms with E-state index in [0.717, 1.165) is 35.5 Å². The van der Waals surface area contributed by atoms with Crippen molar-refractivity contribution in [2.45, 2.75) is 102 Å². The Bertz CT molecular complexity index is 194. The van der Waals surface area contributed by atoms with E-state index in [1.165, 1.54) is 25.7 Å². The molecule has 1 rings (SSSR count). The van der Waals surface area contributed by atoms with E-state index < -0.39 is 0 Å². The minimum Gasteiger partial charge on any atom is -0.0776 e. The summed E-state index contributed by atoms with van der Waals surface area (Å²) in [6.07, 6.45) is 5.72. The third kappa shape index (κ3) is 8.27. The Morgan fingerprint density at radius 2 is 1.38 bits per heavy atom. The van der Waals surface area contributed by atoms with Crippen molar-refractivity contribution in [2.24, 2.45) is 35.5 Å². The summed E-state index contributed by atoms with van der Waals surface area (Å²) in [5.41, 5.74) is 0. The van der Waals surface area contributed by atoms with Crippen LogP contribution in [0.1, 0.15) is 102 Å². The van der Waals surface area contributed by atoms with Crippen molar-refractivity contribution < 1.29 is 0 Å². The highest BCUT2D eigenvalue weighted by Gasteiger charge is 2.38. The maximum absolute atomic E-state index is 2.50. The molecule has 0 aromatic heterocycles. The lowest BCUT2D eigenvalue weighted by Gasteiger charge is -2.36. The molecule has 0 amide bonds. The third-order valence-corrected chi connectivity index (χ3v) is 5.19. The number of hydrogen-bond donors (Lipinski definition) is 0. The zero-order valence-corrected chi connectivity index (χ0v) is 16.3. The highest BCUT2D eigenvalue weighted by molar-refractivity contribution is 4.87. The van der Waals surface area contributed by atoms with E-state index in [1.807, 2.05) is 27.7 Å². The number of rotatable bonds is 5. The summed E-state index contributed by atoms with van der Waals surface area (Å²) >= 11 is 0. The molecule has 0 radical (unpaired) electrons. The molecule has 0 aromatic carbocycles. The van der Waals surface area contributed by atoms with Gasteiger partial charge < -0.3 is 0 Å². The largest absolute Gasteiger partial charge is 0.0776 e. The Morgan fingerprint density at radius 1 is 0.905 bits per heavy atom. The molecular weight excluding hydrogens is 252 g/mol. The molecule has 132 valence electrons. The molecule has 5 unspecified atom stereocenters. The van der Waals surface area contributed by atoms with Crippen LogP contribution in [-0.4, -0.2) is 0 Å². The van der Waals surface area contributed by atoms with E-state index in [-0.39, 0.29) is 7.43 Å². The van der Waals surface area contributed by atoms with Gasteiger partial charge in [-0.3, -0.25) is 0 Å². The molecule has 0 nitrogen and oxygen atoms in total. The Morgan fingerprint density at radius 3 is 1.67 bits per heavy atom. The van der Waals surface area contributed by atoms with Crippen molar-refractivity contribution >= 4 is 0 Å². The van der Waals surface area contributed by atoms with Gasteiger partial charge in [0.1, 0.15) is 0 Å². The Labute approximate surface area is 138 Å². The second kappa shape index (κ2) is 14.9. The summed E-state index contributed by atoms with van der Waals surface area (Å²) in [4.78, 5) is 0. The molecule has 1 aliphatic carbocycles. The van der Waals surface area contributed by atoms with Gasteiger partial charge in [-0.2, -0.15) is 0 Å². The van der Waals surface area contributed by atoms with Gasteiger partial charge in [0, 0.05) is 0 Å². The average molecular weight is 301 g/mol. The van der Waals surface area contributed by atoms with Crippen LogP contribution in [0.5, 0.6) is 0 Å². The van der Waals surface area contributed by atoms with Gasteiger partial charge in [0.25, 0.3) is 0 Å². The zero-order valence-electron chi connectivity index (χ0n) is 16.3. The first-order chi connectivity index (χ1) is 9.49. The van der Waals surface area contributed by atoms with E-state index in [0.29, 0.717) is 0 Å². The predicted octanol–water partition coefficient (Wildman–Crippen LogP) is 8.07. The van der Waals surface area contributed by atoms with Crippen LogP contribution in [0.3, 0.4) is 0 Å². The SMILES string of the molecule is C.CC.CC.CCCC(C)C(C(C)C)C1CCC(C)C1C. The number of hydrogen-bond acceptors (Lipinski definition) is 0. The summed E-state index contributed by atoms with van der Waals surface area (Å²) in [5.74, 6) is 5.64. The fourth-order valence-electron chi connectivity index (χ4n) is 4.17. The molecule has 0 heterocycles. The minimum atomic E-state index is 0. The van der Waals surface area contributed by atoms with Gasteiger partial charge in [-0.15, -0.1) is 0 Å². The third-order valence-electron chi connectivity index (χ3n) is 5.19. The first kappa shape index (κ1) is 25.9. The molecular formula is C21H48. The van der Waals surface area contributed by atoms with E-state index in [2.05, 4.69) is 41.5 Å². The first-order valence-corrected chi connectivity index (χ1v) is 9.49. The van der Waals surface area contributed by atoms with Crippen LogP contribution in [0.15, 0.2) is 0 Å². The predicted molar refractivity (Wildman–Crippen MR) is 103 cm³/mol. The average Bonchev–Trinajstić information content (AvgIpc) is 2.76. The topological polar surface area (TPSA) is 0 Å². The summed E-state index contributed by atoms with van der Waals surface area (Å²) in [6.45, 7) is 22.6. The minimum absolute atomic E-state index is 0. The second-order valence-electron chi connectivity index (χ2n) is 6.66. The van der Waals surface area contributed by atoms with Crippen LogP contribution in [-0.2, 0) is 0 Å². The zero-order chi connectivity index (χ0) is 16.3. The lowest BCUT2D eigenvalue weighted by molar-refractivity contribution is 0.131. The summed E-state index contributed by atoms with van der Waals surface area (Å²) in [6, 6.07) is 0. The highest BCUT2D eigenvalue weighted by atomic mass is 14.4.